The lowest BCUT2D eigenvalue weighted by Gasteiger charge is -2.42. The first-order chi connectivity index (χ1) is 9.39. The monoisotopic (exact) mass is 283 g/mol. The summed E-state index contributed by atoms with van der Waals surface area (Å²) >= 11 is 0. The van der Waals surface area contributed by atoms with Crippen LogP contribution in [-0.2, 0) is 9.47 Å². The number of hydrogen-bond donors (Lipinski definition) is 1. The molecule has 0 aromatic heterocycles. The van der Waals surface area contributed by atoms with Crippen molar-refractivity contribution < 1.29 is 9.47 Å². The molecular formula is C17H33NO2. The molecule has 0 aromatic rings. The molecule has 1 aliphatic carbocycles. The lowest BCUT2D eigenvalue weighted by Crippen LogP contribution is -2.51. The Hall–Kier alpha value is -0.120. The summed E-state index contributed by atoms with van der Waals surface area (Å²) in [5, 5.41) is 3.75. The minimum absolute atomic E-state index is 0.171. The molecule has 3 nitrogen and oxygen atoms in total. The molecule has 1 saturated carbocycles. The highest BCUT2D eigenvalue weighted by Gasteiger charge is 2.53. The predicted molar refractivity (Wildman–Crippen MR) is 82.9 cm³/mol. The van der Waals surface area contributed by atoms with Crippen molar-refractivity contribution in [1.82, 2.24) is 5.32 Å². The Morgan fingerprint density at radius 2 is 2.05 bits per heavy atom. The van der Waals surface area contributed by atoms with Gasteiger partial charge in [0.2, 0.25) is 0 Å². The van der Waals surface area contributed by atoms with Gasteiger partial charge in [0.15, 0.2) is 0 Å². The van der Waals surface area contributed by atoms with Crippen LogP contribution >= 0.6 is 0 Å². The number of methoxy groups -OCH3 is 1. The number of ether oxygens (including phenoxy) is 2. The maximum Gasteiger partial charge on any atom is 0.0674 e. The van der Waals surface area contributed by atoms with Crippen molar-refractivity contribution in [2.45, 2.75) is 65.0 Å². The SMILES string of the molecule is COCCC(C)C1(CNC(C)(C)C)CCOC1C1CC1. The first-order valence-corrected chi connectivity index (χ1v) is 8.24. The molecule has 1 saturated heterocycles. The van der Waals surface area contributed by atoms with E-state index in [4.69, 9.17) is 9.47 Å². The highest BCUT2D eigenvalue weighted by Crippen LogP contribution is 2.52. The van der Waals surface area contributed by atoms with Crippen LogP contribution < -0.4 is 5.32 Å². The molecule has 0 aromatic carbocycles. The Bertz CT molecular complexity index is 309. The maximum atomic E-state index is 6.18. The normalized spacial score (nSPS) is 32.5. The highest BCUT2D eigenvalue weighted by atomic mass is 16.5. The van der Waals surface area contributed by atoms with Crippen molar-refractivity contribution in [3.8, 4) is 0 Å². The topological polar surface area (TPSA) is 30.5 Å². The van der Waals surface area contributed by atoms with E-state index in [1.165, 1.54) is 19.3 Å². The molecule has 20 heavy (non-hydrogen) atoms. The molecule has 1 aliphatic heterocycles. The maximum absolute atomic E-state index is 6.18. The van der Waals surface area contributed by atoms with Gasteiger partial charge in [0.05, 0.1) is 6.10 Å². The van der Waals surface area contributed by atoms with E-state index in [0.717, 1.165) is 32.1 Å². The Morgan fingerprint density at radius 1 is 1.35 bits per heavy atom. The molecule has 3 atom stereocenters. The predicted octanol–water partition coefficient (Wildman–Crippen LogP) is 3.23. The first-order valence-electron chi connectivity index (χ1n) is 8.24. The Labute approximate surface area is 124 Å². The number of nitrogens with one attached hydrogen (secondary N) is 1. The van der Waals surface area contributed by atoms with Crippen molar-refractivity contribution in [3.63, 3.8) is 0 Å². The number of hydrogen-bond acceptors (Lipinski definition) is 3. The van der Waals surface area contributed by atoms with Crippen LogP contribution in [0.25, 0.3) is 0 Å². The van der Waals surface area contributed by atoms with Crippen molar-refractivity contribution in [2.24, 2.45) is 17.3 Å². The summed E-state index contributed by atoms with van der Waals surface area (Å²) in [4.78, 5) is 0. The summed E-state index contributed by atoms with van der Waals surface area (Å²) in [6.45, 7) is 12.0. The summed E-state index contributed by atoms with van der Waals surface area (Å²) < 4.78 is 11.5. The van der Waals surface area contributed by atoms with Gasteiger partial charge in [-0.15, -0.1) is 0 Å². The molecule has 3 unspecified atom stereocenters. The minimum atomic E-state index is 0.171. The van der Waals surface area contributed by atoms with Gasteiger partial charge < -0.3 is 14.8 Å². The van der Waals surface area contributed by atoms with E-state index in [9.17, 15) is 0 Å². The average Bonchev–Trinajstić information content (AvgIpc) is 3.13. The molecule has 3 heteroatoms. The fourth-order valence-electron chi connectivity index (χ4n) is 3.59. The third-order valence-corrected chi connectivity index (χ3v) is 5.17. The number of rotatable bonds is 7. The van der Waals surface area contributed by atoms with Crippen LogP contribution in [0, 0.1) is 17.3 Å². The zero-order chi connectivity index (χ0) is 14.8. The smallest absolute Gasteiger partial charge is 0.0674 e. The third-order valence-electron chi connectivity index (χ3n) is 5.17. The van der Waals surface area contributed by atoms with Gasteiger partial charge in [0, 0.05) is 37.8 Å². The van der Waals surface area contributed by atoms with Crippen LogP contribution in [0.2, 0.25) is 0 Å². The van der Waals surface area contributed by atoms with Crippen molar-refractivity contribution in [3.05, 3.63) is 0 Å². The molecule has 2 rings (SSSR count). The van der Waals surface area contributed by atoms with Crippen molar-refractivity contribution >= 4 is 0 Å². The first kappa shape index (κ1) is 16.3. The van der Waals surface area contributed by atoms with Gasteiger partial charge in [0.1, 0.15) is 0 Å². The van der Waals surface area contributed by atoms with Gasteiger partial charge in [-0.1, -0.05) is 6.92 Å². The van der Waals surface area contributed by atoms with E-state index < -0.39 is 0 Å². The van der Waals surface area contributed by atoms with Gasteiger partial charge in [0.25, 0.3) is 0 Å². The summed E-state index contributed by atoms with van der Waals surface area (Å²) in [7, 11) is 1.80. The van der Waals surface area contributed by atoms with E-state index in [-0.39, 0.29) is 5.54 Å². The second-order valence-corrected chi connectivity index (χ2v) is 7.90. The van der Waals surface area contributed by atoms with Crippen LogP contribution in [0.4, 0.5) is 0 Å². The second kappa shape index (κ2) is 6.33. The van der Waals surface area contributed by atoms with Gasteiger partial charge in [-0.3, -0.25) is 0 Å². The van der Waals surface area contributed by atoms with Gasteiger partial charge >= 0.3 is 0 Å². The van der Waals surface area contributed by atoms with E-state index >= 15 is 0 Å². The fraction of sp³-hybridized carbons (Fsp3) is 1.00. The summed E-state index contributed by atoms with van der Waals surface area (Å²) in [5.41, 5.74) is 0.470. The molecule has 1 N–H and O–H groups in total. The van der Waals surface area contributed by atoms with E-state index in [2.05, 4.69) is 33.0 Å². The van der Waals surface area contributed by atoms with E-state index in [1.807, 2.05) is 0 Å². The molecule has 2 aliphatic rings. The second-order valence-electron chi connectivity index (χ2n) is 7.90. The Kier molecular flexibility index (Phi) is 5.14. The highest BCUT2D eigenvalue weighted by molar-refractivity contribution is 5.03. The van der Waals surface area contributed by atoms with Gasteiger partial charge in [-0.25, -0.2) is 0 Å². The molecule has 0 radical (unpaired) electrons. The molecule has 2 fully saturated rings. The molecule has 0 spiro atoms. The van der Waals surface area contributed by atoms with E-state index in [1.54, 1.807) is 7.11 Å². The Morgan fingerprint density at radius 3 is 2.60 bits per heavy atom. The molecule has 118 valence electrons. The summed E-state index contributed by atoms with van der Waals surface area (Å²) in [6.07, 6.45) is 5.51. The molecule has 0 bridgehead atoms. The average molecular weight is 283 g/mol. The summed E-state index contributed by atoms with van der Waals surface area (Å²) in [5.74, 6) is 1.45. The van der Waals surface area contributed by atoms with Crippen LogP contribution in [0.5, 0.6) is 0 Å². The quantitative estimate of drug-likeness (QED) is 0.778. The van der Waals surface area contributed by atoms with Crippen LogP contribution in [0.3, 0.4) is 0 Å². The lowest BCUT2D eigenvalue weighted by molar-refractivity contribution is -0.00708. The van der Waals surface area contributed by atoms with Gasteiger partial charge in [-0.05, 0) is 58.3 Å². The van der Waals surface area contributed by atoms with E-state index in [0.29, 0.717) is 17.4 Å². The molecule has 0 amide bonds. The summed E-state index contributed by atoms with van der Waals surface area (Å²) in [6, 6.07) is 0. The van der Waals surface area contributed by atoms with Crippen molar-refractivity contribution in [2.75, 3.05) is 26.9 Å². The Balaban J connectivity index is 2.09. The lowest BCUT2D eigenvalue weighted by atomic mass is 9.68. The van der Waals surface area contributed by atoms with Crippen molar-refractivity contribution in [1.29, 1.82) is 0 Å². The fourth-order valence-corrected chi connectivity index (χ4v) is 3.59. The molecule has 1 heterocycles. The minimum Gasteiger partial charge on any atom is -0.385 e. The zero-order valence-electron chi connectivity index (χ0n) is 14.0. The van der Waals surface area contributed by atoms with Crippen LogP contribution in [-0.4, -0.2) is 38.5 Å². The van der Waals surface area contributed by atoms with Crippen LogP contribution in [0.1, 0.15) is 53.4 Å². The third kappa shape index (κ3) is 3.75. The van der Waals surface area contributed by atoms with Crippen LogP contribution in [0.15, 0.2) is 0 Å². The zero-order valence-corrected chi connectivity index (χ0v) is 14.0. The molecular weight excluding hydrogens is 250 g/mol. The largest absolute Gasteiger partial charge is 0.385 e. The van der Waals surface area contributed by atoms with Gasteiger partial charge in [-0.2, -0.15) is 0 Å². The standard InChI is InChI=1S/C17H33NO2/c1-13(8-10-19-5)17(12-18-16(2,3)4)9-11-20-15(17)14-6-7-14/h13-15,18H,6-12H2,1-5H3.